The van der Waals surface area contributed by atoms with Gasteiger partial charge in [0.1, 0.15) is 73.7 Å². The molecule has 0 spiro atoms. The van der Waals surface area contributed by atoms with Gasteiger partial charge in [-0.15, -0.1) is 35.3 Å². The Bertz CT molecular complexity index is 1940. The Morgan fingerprint density at radius 3 is 0.984 bits per heavy atom. The molecule has 9 rings (SSSR count). The Hall–Kier alpha value is -3.03. The summed E-state index contributed by atoms with van der Waals surface area (Å²) in [5, 5.41) is 12.8. The van der Waals surface area contributed by atoms with Crippen LogP contribution in [-0.4, -0.2) is 113 Å². The molecule has 6 unspecified atom stereocenters. The molecule has 0 radical (unpaired) electrons. The molecule has 6 aromatic rings. The molecule has 0 amide bonds. The minimum absolute atomic E-state index is 0.0537. The number of hydrogen-bond donors (Lipinski definition) is 0. The molecule has 15 heteroatoms. The third kappa shape index (κ3) is 15.3. The molecule has 0 N–H and O–H groups in total. The quantitative estimate of drug-likeness (QED) is 0.0244. The summed E-state index contributed by atoms with van der Waals surface area (Å²) in [4.78, 5) is 3.75. The Morgan fingerprint density at radius 2 is 0.734 bits per heavy atom. The molecule has 3 aromatic carbocycles. The van der Waals surface area contributed by atoms with Gasteiger partial charge < -0.3 is 42.6 Å². The summed E-state index contributed by atoms with van der Waals surface area (Å²) < 4.78 is 54.0. The fourth-order valence-corrected chi connectivity index (χ4v) is 12.0. The molecule has 64 heavy (non-hydrogen) atoms. The zero-order valence-corrected chi connectivity index (χ0v) is 40.2. The van der Waals surface area contributed by atoms with Crippen LogP contribution in [-0.2, 0) is 28.4 Å². The predicted octanol–water partition coefficient (Wildman–Crippen LogP) is 10.9. The third-order valence-electron chi connectivity index (χ3n) is 10.5. The van der Waals surface area contributed by atoms with E-state index in [9.17, 15) is 0 Å². The van der Waals surface area contributed by atoms with Crippen molar-refractivity contribution in [2.45, 2.75) is 57.2 Å². The molecule has 3 saturated heterocycles. The summed E-state index contributed by atoms with van der Waals surface area (Å²) in [7, 11) is 0. The van der Waals surface area contributed by atoms with Gasteiger partial charge >= 0.3 is 0 Å². The molecule has 0 aliphatic carbocycles. The van der Waals surface area contributed by atoms with Gasteiger partial charge in [0.05, 0.1) is 39.6 Å². The summed E-state index contributed by atoms with van der Waals surface area (Å²) in [6.45, 7) is 5.42. The third-order valence-corrected chi connectivity index (χ3v) is 16.4. The van der Waals surface area contributed by atoms with Crippen molar-refractivity contribution in [2.24, 2.45) is 0 Å². The number of rotatable bonds is 30. The van der Waals surface area contributed by atoms with Crippen molar-refractivity contribution in [3.05, 3.63) is 140 Å². The molecule has 9 nitrogen and oxygen atoms in total. The van der Waals surface area contributed by atoms with Crippen LogP contribution >= 0.6 is 69.3 Å². The van der Waals surface area contributed by atoms with Gasteiger partial charge in [0.2, 0.25) is 0 Å². The number of hydrogen-bond acceptors (Lipinski definition) is 15. The standard InChI is InChI=1S/C49H52O9S6/c1-7-37(50-25-43(56-22-40-19-53-40)28-62-46-13-16-59-31-46)8-2-34(1)49(35-3-9-38(10-4-35)51-26-44(57-23-41-20-54-41)29-63-47-14-17-60-32-47)36-5-11-39(12-6-36)52-27-45(58-24-42-21-55-42)30-64-48-15-18-61-33-48/h1-18,31-33,40-45,49H,19-30H2. The lowest BCUT2D eigenvalue weighted by molar-refractivity contribution is 0.0270. The van der Waals surface area contributed by atoms with Crippen molar-refractivity contribution >= 4 is 69.3 Å². The van der Waals surface area contributed by atoms with Gasteiger partial charge in [-0.3, -0.25) is 0 Å². The van der Waals surface area contributed by atoms with Gasteiger partial charge in [0.15, 0.2) is 0 Å². The lowest BCUT2D eigenvalue weighted by Gasteiger charge is -2.22. The highest BCUT2D eigenvalue weighted by atomic mass is 32.2. The topological polar surface area (TPSA) is 93.0 Å². The highest BCUT2D eigenvalue weighted by Gasteiger charge is 2.27. The maximum absolute atomic E-state index is 6.36. The lowest BCUT2D eigenvalue weighted by Crippen LogP contribution is -2.26. The molecule has 6 heterocycles. The van der Waals surface area contributed by atoms with Crippen molar-refractivity contribution < 1.29 is 42.6 Å². The van der Waals surface area contributed by atoms with E-state index in [2.05, 4.69) is 123 Å². The molecule has 6 atom stereocenters. The van der Waals surface area contributed by atoms with Gasteiger partial charge in [0.25, 0.3) is 0 Å². The first-order chi connectivity index (χ1) is 31.6. The number of thiophene rings is 3. The highest BCUT2D eigenvalue weighted by Crippen LogP contribution is 2.35. The second-order valence-corrected chi connectivity index (χ2v) is 21.2. The maximum Gasteiger partial charge on any atom is 0.119 e. The Morgan fingerprint density at radius 1 is 0.438 bits per heavy atom. The number of ether oxygens (including phenoxy) is 9. The molecular formula is C49H52O9S6. The Kier molecular flexibility index (Phi) is 17.4. The number of thioether (sulfide) groups is 3. The normalized spacial score (nSPS) is 19.4. The summed E-state index contributed by atoms with van der Waals surface area (Å²) in [6, 6.07) is 31.8. The number of epoxide rings is 3. The fourth-order valence-electron chi connectivity index (χ4n) is 6.64. The van der Waals surface area contributed by atoms with Gasteiger partial charge in [-0.05, 0) is 87.4 Å². The molecule has 0 bridgehead atoms. The van der Waals surface area contributed by atoms with Gasteiger partial charge in [-0.2, -0.15) is 34.0 Å². The van der Waals surface area contributed by atoms with Crippen molar-refractivity contribution in [1.29, 1.82) is 0 Å². The van der Waals surface area contributed by atoms with Crippen molar-refractivity contribution in [3.63, 3.8) is 0 Å². The van der Waals surface area contributed by atoms with Gasteiger partial charge in [-0.25, -0.2) is 0 Å². The van der Waals surface area contributed by atoms with Crippen LogP contribution < -0.4 is 14.2 Å². The van der Waals surface area contributed by atoms with E-state index in [1.807, 2.05) is 0 Å². The van der Waals surface area contributed by atoms with E-state index in [4.69, 9.17) is 42.6 Å². The predicted molar refractivity (Wildman–Crippen MR) is 260 cm³/mol. The van der Waals surface area contributed by atoms with Crippen LogP contribution in [0.25, 0.3) is 0 Å². The molecule has 3 fully saturated rings. The first-order valence-electron chi connectivity index (χ1n) is 21.5. The minimum Gasteiger partial charge on any atom is -0.491 e. The van der Waals surface area contributed by atoms with E-state index in [0.29, 0.717) is 39.6 Å². The second kappa shape index (κ2) is 24.1. The van der Waals surface area contributed by atoms with Crippen LogP contribution in [0, 0.1) is 0 Å². The van der Waals surface area contributed by atoms with Crippen LogP contribution in [0.5, 0.6) is 17.2 Å². The summed E-state index contributed by atoms with van der Waals surface area (Å²) in [5.74, 6) is 4.76. The first-order valence-corrected chi connectivity index (χ1v) is 27.3. The van der Waals surface area contributed by atoms with Crippen LogP contribution in [0.1, 0.15) is 22.6 Å². The van der Waals surface area contributed by atoms with E-state index in [1.165, 1.54) is 14.7 Å². The monoisotopic (exact) mass is 976 g/mol. The second-order valence-electron chi connectivity index (χ2n) is 15.6. The van der Waals surface area contributed by atoms with E-state index in [0.717, 1.165) is 71.0 Å². The zero-order chi connectivity index (χ0) is 43.2. The lowest BCUT2D eigenvalue weighted by atomic mass is 9.85. The summed E-state index contributed by atoms with van der Waals surface area (Å²) in [6.07, 6.45) is 0.402. The zero-order valence-electron chi connectivity index (χ0n) is 35.3. The van der Waals surface area contributed by atoms with Crippen LogP contribution in [0.15, 0.2) is 138 Å². The largest absolute Gasteiger partial charge is 0.491 e. The Balaban J connectivity index is 0.870. The maximum atomic E-state index is 6.36. The highest BCUT2D eigenvalue weighted by molar-refractivity contribution is 8.00. The number of benzene rings is 3. The van der Waals surface area contributed by atoms with Crippen LogP contribution in [0.3, 0.4) is 0 Å². The summed E-state index contributed by atoms with van der Waals surface area (Å²) >= 11 is 10.5. The van der Waals surface area contributed by atoms with Crippen molar-refractivity contribution in [2.75, 3.05) is 76.7 Å². The summed E-state index contributed by atoms with van der Waals surface area (Å²) in [5.41, 5.74) is 3.43. The average Bonchev–Trinajstić information content (AvgIpc) is 4.31. The van der Waals surface area contributed by atoms with Crippen LogP contribution in [0.2, 0.25) is 0 Å². The smallest absolute Gasteiger partial charge is 0.119 e. The molecule has 3 aliphatic heterocycles. The van der Waals surface area contributed by atoms with Crippen molar-refractivity contribution in [1.82, 2.24) is 0 Å². The SMILES string of the molecule is c1cc(SCC(COc2ccc(C(c3ccc(OCC(CSc4ccsc4)OCC4CO4)cc3)c3ccc(OCC(CSc4ccsc4)OCC4CO4)cc3)cc2)OCC2CO2)cs1. The van der Waals surface area contributed by atoms with E-state index in [-0.39, 0.29) is 42.5 Å². The molecule has 0 saturated carbocycles. The Labute approximate surface area is 400 Å². The van der Waals surface area contributed by atoms with E-state index >= 15 is 0 Å². The molecule has 3 aliphatic rings. The van der Waals surface area contributed by atoms with Crippen LogP contribution in [0.4, 0.5) is 0 Å². The van der Waals surface area contributed by atoms with Gasteiger partial charge in [-0.1, -0.05) is 36.4 Å². The minimum atomic E-state index is -0.0644. The first kappa shape index (κ1) is 46.1. The van der Waals surface area contributed by atoms with Gasteiger partial charge in [0, 0.05) is 54.0 Å². The molecular weight excluding hydrogens is 925 g/mol. The molecule has 3 aromatic heterocycles. The fraction of sp³-hybridized carbons (Fsp3) is 0.388. The van der Waals surface area contributed by atoms with E-state index in [1.54, 1.807) is 69.3 Å². The average molecular weight is 977 g/mol. The van der Waals surface area contributed by atoms with E-state index < -0.39 is 0 Å². The molecule has 338 valence electrons. The van der Waals surface area contributed by atoms with Crippen molar-refractivity contribution in [3.8, 4) is 17.2 Å².